The quantitative estimate of drug-likeness (QED) is 0.343. The monoisotopic (exact) mass is 461 g/mol. The van der Waals surface area contributed by atoms with E-state index in [0.717, 1.165) is 35.5 Å². The largest absolute Gasteiger partial charge is 0.352 e. The minimum Gasteiger partial charge on any atom is -0.352 e. The van der Waals surface area contributed by atoms with Gasteiger partial charge in [-0.3, -0.25) is 14.9 Å². The predicted molar refractivity (Wildman–Crippen MR) is 132 cm³/mol. The molecule has 170 valence electrons. The smallest absolute Gasteiger partial charge is 0.251 e. The summed E-state index contributed by atoms with van der Waals surface area (Å²) in [5.41, 5.74) is 5.13. The predicted octanol–water partition coefficient (Wildman–Crippen LogP) is 5.00. The maximum absolute atomic E-state index is 12.3. The third-order valence-corrected chi connectivity index (χ3v) is 6.21. The van der Waals surface area contributed by atoms with E-state index >= 15 is 0 Å². The lowest BCUT2D eigenvalue weighted by molar-refractivity contribution is -0.116. The van der Waals surface area contributed by atoms with Crippen LogP contribution in [-0.2, 0) is 4.79 Å². The van der Waals surface area contributed by atoms with Crippen molar-refractivity contribution >= 4 is 34.1 Å². The zero-order valence-corrected chi connectivity index (χ0v) is 19.6. The topological polar surface area (TPSA) is 88.4 Å². The minimum atomic E-state index is -0.102. The first-order chi connectivity index (χ1) is 16.0. The Morgan fingerprint density at radius 1 is 1.03 bits per heavy atom. The molecule has 0 saturated heterocycles. The third-order valence-electron chi connectivity index (χ3n) is 5.39. The van der Waals surface area contributed by atoms with E-state index in [0.29, 0.717) is 24.5 Å². The number of hydrogen-bond donors (Lipinski definition) is 2. The summed E-state index contributed by atoms with van der Waals surface area (Å²) in [7, 11) is 0. The van der Waals surface area contributed by atoms with E-state index in [1.54, 1.807) is 16.6 Å². The number of thiazole rings is 1. The summed E-state index contributed by atoms with van der Waals surface area (Å²) in [5, 5.41) is 12.2. The fraction of sp³-hybridized carbons (Fsp3) is 0.280. The lowest BCUT2D eigenvalue weighted by Gasteiger charge is -2.05. The van der Waals surface area contributed by atoms with Gasteiger partial charge in [-0.25, -0.2) is 4.52 Å². The van der Waals surface area contributed by atoms with E-state index in [2.05, 4.69) is 52.8 Å². The molecule has 0 spiro atoms. The van der Waals surface area contributed by atoms with Crippen molar-refractivity contribution < 1.29 is 9.59 Å². The van der Waals surface area contributed by atoms with Crippen LogP contribution in [0.4, 0.5) is 5.95 Å². The number of benzene rings is 2. The van der Waals surface area contributed by atoms with Crippen molar-refractivity contribution in [1.29, 1.82) is 0 Å². The molecule has 0 aliphatic carbocycles. The zero-order chi connectivity index (χ0) is 23.2. The molecule has 4 aromatic rings. The number of unbranched alkanes of at least 4 members (excludes halogenated alkanes) is 2. The number of rotatable bonds is 9. The summed E-state index contributed by atoms with van der Waals surface area (Å²) >= 11 is 1.50. The van der Waals surface area contributed by atoms with Crippen LogP contribution in [0.15, 0.2) is 53.9 Å². The number of amides is 2. The second-order valence-electron chi connectivity index (χ2n) is 8.05. The Morgan fingerprint density at radius 3 is 2.64 bits per heavy atom. The number of hydrogen-bond acceptors (Lipinski definition) is 5. The number of anilines is 1. The lowest BCUT2D eigenvalue weighted by atomic mass is 10.0. The summed E-state index contributed by atoms with van der Waals surface area (Å²) < 4.78 is 1.79. The highest BCUT2D eigenvalue weighted by Crippen LogP contribution is 2.28. The molecule has 0 radical (unpaired) electrons. The summed E-state index contributed by atoms with van der Waals surface area (Å²) in [6, 6.07) is 15.5. The molecule has 4 rings (SSSR count). The van der Waals surface area contributed by atoms with E-state index in [9.17, 15) is 9.59 Å². The molecule has 33 heavy (non-hydrogen) atoms. The van der Waals surface area contributed by atoms with Gasteiger partial charge >= 0.3 is 0 Å². The van der Waals surface area contributed by atoms with Crippen LogP contribution in [0.3, 0.4) is 0 Å². The minimum absolute atomic E-state index is 0.0700. The van der Waals surface area contributed by atoms with Gasteiger partial charge in [-0.1, -0.05) is 48.4 Å². The fourth-order valence-electron chi connectivity index (χ4n) is 3.69. The van der Waals surface area contributed by atoms with Crippen molar-refractivity contribution in [3.63, 3.8) is 0 Å². The average molecular weight is 462 g/mol. The second kappa shape index (κ2) is 10.4. The molecule has 0 atom stereocenters. The van der Waals surface area contributed by atoms with Crippen LogP contribution in [0.2, 0.25) is 0 Å². The van der Waals surface area contributed by atoms with Crippen LogP contribution in [-0.4, -0.2) is 33.0 Å². The summed E-state index contributed by atoms with van der Waals surface area (Å²) in [6.45, 7) is 4.75. The molecule has 0 unspecified atom stereocenters. The molecule has 0 fully saturated rings. The van der Waals surface area contributed by atoms with Crippen LogP contribution in [0.5, 0.6) is 0 Å². The Hall–Kier alpha value is -3.52. The van der Waals surface area contributed by atoms with Gasteiger partial charge in [0, 0.05) is 29.5 Å². The molecular formula is C25H27N5O2S. The van der Waals surface area contributed by atoms with Gasteiger partial charge in [0.05, 0.1) is 5.69 Å². The number of fused-ring (bicyclic) bond motifs is 1. The normalized spacial score (nSPS) is 11.0. The SMILES string of the molecule is Cc1ccc(-c2csc3nc(NC(=O)CCCCCNC(=O)c4ccccc4)nn23)c(C)c1. The zero-order valence-electron chi connectivity index (χ0n) is 18.8. The molecule has 0 saturated carbocycles. The van der Waals surface area contributed by atoms with Crippen molar-refractivity contribution in [2.75, 3.05) is 11.9 Å². The van der Waals surface area contributed by atoms with Crippen molar-refractivity contribution in [3.8, 4) is 11.3 Å². The number of nitrogens with one attached hydrogen (secondary N) is 2. The van der Waals surface area contributed by atoms with Gasteiger partial charge < -0.3 is 5.32 Å². The van der Waals surface area contributed by atoms with E-state index in [-0.39, 0.29) is 11.8 Å². The molecule has 7 nitrogen and oxygen atoms in total. The summed E-state index contributed by atoms with van der Waals surface area (Å²) in [6.07, 6.45) is 2.81. The van der Waals surface area contributed by atoms with Crippen molar-refractivity contribution in [2.24, 2.45) is 0 Å². The molecule has 8 heteroatoms. The first-order valence-electron chi connectivity index (χ1n) is 11.1. The second-order valence-corrected chi connectivity index (χ2v) is 8.89. The molecule has 0 aliphatic heterocycles. The number of carbonyl (C=O) groups is 2. The van der Waals surface area contributed by atoms with Crippen LogP contribution in [0, 0.1) is 13.8 Å². The Labute approximate surface area is 196 Å². The van der Waals surface area contributed by atoms with Crippen molar-refractivity contribution in [3.05, 3.63) is 70.6 Å². The maximum atomic E-state index is 12.3. The molecule has 2 N–H and O–H groups in total. The Kier molecular flexibility index (Phi) is 7.14. The van der Waals surface area contributed by atoms with Crippen LogP contribution in [0.25, 0.3) is 16.2 Å². The van der Waals surface area contributed by atoms with Gasteiger partial charge in [-0.2, -0.15) is 4.98 Å². The van der Waals surface area contributed by atoms with E-state index in [1.165, 1.54) is 22.5 Å². The molecule has 2 aromatic heterocycles. The number of aryl methyl sites for hydroxylation is 2. The number of nitrogens with zero attached hydrogens (tertiary/aromatic N) is 3. The lowest BCUT2D eigenvalue weighted by Crippen LogP contribution is -2.24. The van der Waals surface area contributed by atoms with Crippen molar-refractivity contribution in [1.82, 2.24) is 19.9 Å². The Morgan fingerprint density at radius 2 is 1.85 bits per heavy atom. The summed E-state index contributed by atoms with van der Waals surface area (Å²) in [5.74, 6) is 0.155. The highest BCUT2D eigenvalue weighted by atomic mass is 32.1. The van der Waals surface area contributed by atoms with E-state index < -0.39 is 0 Å². The number of aromatic nitrogens is 3. The summed E-state index contributed by atoms with van der Waals surface area (Å²) in [4.78, 5) is 29.5. The van der Waals surface area contributed by atoms with E-state index in [1.807, 2.05) is 23.6 Å². The van der Waals surface area contributed by atoms with Gasteiger partial charge in [0.2, 0.25) is 16.8 Å². The number of carbonyl (C=O) groups excluding carboxylic acids is 2. The van der Waals surface area contributed by atoms with Crippen molar-refractivity contribution in [2.45, 2.75) is 39.5 Å². The Bertz CT molecular complexity index is 1260. The molecule has 2 aromatic carbocycles. The first-order valence-corrected chi connectivity index (χ1v) is 11.9. The molecule has 0 bridgehead atoms. The molecule has 0 aliphatic rings. The highest BCUT2D eigenvalue weighted by molar-refractivity contribution is 7.15. The van der Waals surface area contributed by atoms with Gasteiger partial charge in [0.25, 0.3) is 5.91 Å². The molecule has 2 amide bonds. The van der Waals surface area contributed by atoms with E-state index in [4.69, 9.17) is 0 Å². The maximum Gasteiger partial charge on any atom is 0.251 e. The van der Waals surface area contributed by atoms with Crippen LogP contribution >= 0.6 is 11.3 Å². The standard InChI is InChI=1S/C25H27N5O2S/c1-17-12-13-20(18(2)15-17)21-16-33-25-28-24(29-30(21)25)27-22(31)11-7-4-8-14-26-23(32)19-9-5-3-6-10-19/h3,5-6,9-10,12-13,15-16H,4,7-8,11,14H2,1-2H3,(H,26,32)(H,27,29,31). The highest BCUT2D eigenvalue weighted by Gasteiger charge is 2.14. The third kappa shape index (κ3) is 5.64. The Balaban J connectivity index is 1.23. The van der Waals surface area contributed by atoms with Crippen LogP contribution < -0.4 is 10.6 Å². The fourth-order valence-corrected chi connectivity index (χ4v) is 4.51. The first kappa shape index (κ1) is 22.7. The molecule has 2 heterocycles. The molecular weight excluding hydrogens is 434 g/mol. The van der Waals surface area contributed by atoms with Gasteiger partial charge in [-0.05, 0) is 44.4 Å². The average Bonchev–Trinajstić information content (AvgIpc) is 3.37. The van der Waals surface area contributed by atoms with Gasteiger partial charge in [-0.15, -0.1) is 16.4 Å². The van der Waals surface area contributed by atoms with Crippen LogP contribution in [0.1, 0.15) is 47.2 Å². The van der Waals surface area contributed by atoms with Gasteiger partial charge in [0.15, 0.2) is 0 Å². The van der Waals surface area contributed by atoms with Gasteiger partial charge in [0.1, 0.15) is 0 Å².